The molecule has 4 aromatic heterocycles. The zero-order valence-electron chi connectivity index (χ0n) is 28.8. The lowest BCUT2D eigenvalue weighted by molar-refractivity contribution is 0.492. The van der Waals surface area contributed by atoms with Crippen molar-refractivity contribution >= 4 is 43.9 Å². The summed E-state index contributed by atoms with van der Waals surface area (Å²) in [6, 6.07) is 44.0. The molecule has 0 unspecified atom stereocenters. The minimum absolute atomic E-state index is 0.0170. The number of hydrogen-bond donors (Lipinski definition) is 0. The third kappa shape index (κ3) is 4.73. The van der Waals surface area contributed by atoms with E-state index in [0.29, 0.717) is 0 Å². The molecule has 0 atom stereocenters. The summed E-state index contributed by atoms with van der Waals surface area (Å²) in [6.07, 6.45) is 2.07. The van der Waals surface area contributed by atoms with E-state index < -0.39 is 0 Å². The van der Waals surface area contributed by atoms with Crippen molar-refractivity contribution in [2.24, 2.45) is 0 Å². The lowest BCUT2D eigenvalue weighted by Crippen LogP contribution is -2.17. The van der Waals surface area contributed by atoms with Crippen molar-refractivity contribution in [3.05, 3.63) is 133 Å². The first-order valence-electron chi connectivity index (χ1n) is 17.2. The van der Waals surface area contributed by atoms with Crippen LogP contribution >= 0.6 is 0 Å². The molecule has 0 aliphatic heterocycles. The van der Waals surface area contributed by atoms with E-state index in [1.807, 2.05) is 0 Å². The van der Waals surface area contributed by atoms with Crippen LogP contribution in [0.4, 0.5) is 0 Å². The van der Waals surface area contributed by atoms with Crippen LogP contribution in [-0.2, 0) is 10.8 Å². The van der Waals surface area contributed by atoms with E-state index in [9.17, 15) is 0 Å². The van der Waals surface area contributed by atoms with Crippen molar-refractivity contribution in [1.29, 1.82) is 0 Å². The van der Waals surface area contributed by atoms with E-state index in [0.717, 1.165) is 57.7 Å². The van der Waals surface area contributed by atoms with Gasteiger partial charge < -0.3 is 9.13 Å². The van der Waals surface area contributed by atoms with Crippen molar-refractivity contribution in [1.82, 2.24) is 19.1 Å². The van der Waals surface area contributed by atoms with Gasteiger partial charge in [-0.25, -0.2) is 9.97 Å². The second-order valence-corrected chi connectivity index (χ2v) is 14.4. The Morgan fingerprint density at radius 3 is 1.29 bits per heavy atom. The highest BCUT2D eigenvalue weighted by Crippen LogP contribution is 2.37. The first-order chi connectivity index (χ1) is 23.2. The van der Waals surface area contributed by atoms with Crippen LogP contribution in [0.3, 0.4) is 0 Å². The monoisotopic (exact) mass is 626 g/mol. The normalized spacial score (nSPS) is 12.5. The molecule has 4 aromatic carbocycles. The van der Waals surface area contributed by atoms with E-state index >= 15 is 0 Å². The third-order valence-corrected chi connectivity index (χ3v) is 10.7. The summed E-state index contributed by atoms with van der Waals surface area (Å²) in [6.45, 7) is 13.6. The highest BCUT2D eigenvalue weighted by Gasteiger charge is 2.24. The number of aromatic nitrogens is 4. The molecule has 8 aromatic rings. The van der Waals surface area contributed by atoms with Gasteiger partial charge in [0.05, 0.1) is 33.1 Å². The van der Waals surface area contributed by atoms with Crippen LogP contribution in [0.25, 0.3) is 66.4 Å². The molecular formula is C44H42N4. The SMILES string of the molecule is CCC(C)(C)c1ccc2c(n1)c1ccccc1n2-c1cccc(-c2cccc(-n3c4ccccc4c4nc(C(C)(C)CC)ccc43)c2)c1. The summed E-state index contributed by atoms with van der Waals surface area (Å²) in [7, 11) is 0. The van der Waals surface area contributed by atoms with Crippen LogP contribution in [0, 0.1) is 0 Å². The predicted octanol–water partition coefficient (Wildman–Crippen LogP) is 11.7. The quantitative estimate of drug-likeness (QED) is 0.176. The standard InChI is InChI=1S/C44H42N4/c1-7-43(3,4)39-25-23-37-41(45-39)33-19-9-11-21-35(33)47(37)31-17-13-15-29(27-31)30-16-14-18-32(28-30)48-36-22-12-10-20-34(36)42-38(48)24-26-40(46-42)44(5,6)8-2/h9-28H,7-8H2,1-6H3. The van der Waals surface area contributed by atoms with Gasteiger partial charge in [-0.05, 0) is 84.6 Å². The average molecular weight is 627 g/mol. The molecule has 4 nitrogen and oxygen atoms in total. The number of para-hydroxylation sites is 2. The molecule has 48 heavy (non-hydrogen) atoms. The summed E-state index contributed by atoms with van der Waals surface area (Å²) in [5.74, 6) is 0. The van der Waals surface area contributed by atoms with Crippen molar-refractivity contribution in [2.75, 3.05) is 0 Å². The van der Waals surface area contributed by atoms with Gasteiger partial charge in [0.1, 0.15) is 0 Å². The van der Waals surface area contributed by atoms with Gasteiger partial charge in [0, 0.05) is 44.4 Å². The lowest BCUT2D eigenvalue weighted by atomic mass is 9.86. The van der Waals surface area contributed by atoms with Crippen molar-refractivity contribution < 1.29 is 0 Å². The second kappa shape index (κ2) is 11.2. The molecule has 0 bridgehead atoms. The molecule has 0 aliphatic carbocycles. The highest BCUT2D eigenvalue weighted by atomic mass is 15.0. The van der Waals surface area contributed by atoms with Crippen LogP contribution in [0.15, 0.2) is 121 Å². The number of rotatable bonds is 7. The summed E-state index contributed by atoms with van der Waals surface area (Å²) >= 11 is 0. The van der Waals surface area contributed by atoms with Gasteiger partial charge >= 0.3 is 0 Å². The van der Waals surface area contributed by atoms with Gasteiger partial charge in [0.15, 0.2) is 0 Å². The van der Waals surface area contributed by atoms with E-state index in [4.69, 9.17) is 9.97 Å². The number of fused-ring (bicyclic) bond motifs is 6. The Balaban J connectivity index is 1.27. The van der Waals surface area contributed by atoms with Gasteiger partial charge in [0.2, 0.25) is 0 Å². The Kier molecular flexibility index (Phi) is 7.03. The molecule has 4 heterocycles. The average Bonchev–Trinajstić information content (AvgIpc) is 3.64. The third-order valence-electron chi connectivity index (χ3n) is 10.7. The van der Waals surface area contributed by atoms with Gasteiger partial charge in [0.25, 0.3) is 0 Å². The molecule has 0 saturated heterocycles. The second-order valence-electron chi connectivity index (χ2n) is 14.4. The highest BCUT2D eigenvalue weighted by molar-refractivity contribution is 6.08. The van der Waals surface area contributed by atoms with Crippen LogP contribution in [0.5, 0.6) is 0 Å². The van der Waals surface area contributed by atoms with E-state index in [1.54, 1.807) is 0 Å². The maximum atomic E-state index is 5.26. The fourth-order valence-electron chi connectivity index (χ4n) is 6.98. The van der Waals surface area contributed by atoms with Crippen molar-refractivity contribution in [3.63, 3.8) is 0 Å². The zero-order chi connectivity index (χ0) is 33.2. The molecule has 4 heteroatoms. The summed E-state index contributed by atoms with van der Waals surface area (Å²) in [5, 5.41) is 2.36. The van der Waals surface area contributed by atoms with Gasteiger partial charge in [-0.15, -0.1) is 0 Å². The molecular weight excluding hydrogens is 585 g/mol. The van der Waals surface area contributed by atoms with Crippen LogP contribution in [-0.4, -0.2) is 19.1 Å². The van der Waals surface area contributed by atoms with Gasteiger partial charge in [-0.3, -0.25) is 0 Å². The molecule has 0 aliphatic rings. The molecule has 0 fully saturated rings. The number of nitrogens with zero attached hydrogens (tertiary/aromatic N) is 4. The molecule has 0 spiro atoms. The largest absolute Gasteiger partial charge is 0.308 e. The number of benzene rings is 4. The van der Waals surface area contributed by atoms with Gasteiger partial charge in [-0.1, -0.05) is 102 Å². The first kappa shape index (κ1) is 30.1. The zero-order valence-corrected chi connectivity index (χ0v) is 28.8. The molecule has 0 amide bonds. The Bertz CT molecular complexity index is 2320. The smallest absolute Gasteiger partial charge is 0.0967 e. The lowest BCUT2D eigenvalue weighted by Gasteiger charge is -2.22. The summed E-state index contributed by atoms with van der Waals surface area (Å²) in [4.78, 5) is 10.5. The van der Waals surface area contributed by atoms with Crippen LogP contribution in [0.2, 0.25) is 0 Å². The van der Waals surface area contributed by atoms with E-state index in [1.165, 1.54) is 32.9 Å². The fourth-order valence-corrected chi connectivity index (χ4v) is 6.98. The van der Waals surface area contributed by atoms with Crippen LogP contribution < -0.4 is 0 Å². The Hall–Kier alpha value is -5.22. The molecule has 238 valence electrons. The van der Waals surface area contributed by atoms with Crippen molar-refractivity contribution in [2.45, 2.75) is 65.2 Å². The molecule has 0 radical (unpaired) electrons. The van der Waals surface area contributed by atoms with E-state index in [-0.39, 0.29) is 10.8 Å². The van der Waals surface area contributed by atoms with Crippen LogP contribution in [0.1, 0.15) is 65.8 Å². The number of hydrogen-bond acceptors (Lipinski definition) is 2. The number of pyridine rings is 2. The summed E-state index contributed by atoms with van der Waals surface area (Å²) < 4.78 is 4.73. The summed E-state index contributed by atoms with van der Waals surface area (Å²) in [5.41, 5.74) is 13.6. The molecule has 8 rings (SSSR count). The Morgan fingerprint density at radius 1 is 0.458 bits per heavy atom. The Labute approximate surface area is 282 Å². The predicted molar refractivity (Wildman–Crippen MR) is 203 cm³/mol. The van der Waals surface area contributed by atoms with E-state index in [2.05, 4.69) is 172 Å². The minimum Gasteiger partial charge on any atom is -0.308 e. The maximum Gasteiger partial charge on any atom is 0.0967 e. The molecule has 0 N–H and O–H groups in total. The first-order valence-corrected chi connectivity index (χ1v) is 17.2. The minimum atomic E-state index is 0.0170. The van der Waals surface area contributed by atoms with Gasteiger partial charge in [-0.2, -0.15) is 0 Å². The Morgan fingerprint density at radius 2 is 0.875 bits per heavy atom. The maximum absolute atomic E-state index is 5.26. The fraction of sp³-hybridized carbons (Fsp3) is 0.227. The topological polar surface area (TPSA) is 35.6 Å². The van der Waals surface area contributed by atoms with Crippen molar-refractivity contribution in [3.8, 4) is 22.5 Å². The molecule has 0 saturated carbocycles.